The molecule has 3 aliphatic heterocycles. The average molecular weight is 303 g/mol. The summed E-state index contributed by atoms with van der Waals surface area (Å²) in [6.45, 7) is 2.15. The van der Waals surface area contributed by atoms with Crippen LogP contribution in [0, 0.1) is 0 Å². The highest BCUT2D eigenvalue weighted by molar-refractivity contribution is 5.93. The van der Waals surface area contributed by atoms with Gasteiger partial charge in [-0.25, -0.2) is 0 Å². The predicted molar refractivity (Wildman–Crippen MR) is 81.2 cm³/mol. The molecule has 5 nitrogen and oxygen atoms in total. The maximum atomic E-state index is 11.9. The third-order valence-electron chi connectivity index (χ3n) is 4.68. The number of carbonyl (C=O) groups is 1. The molecule has 3 fully saturated rings. The van der Waals surface area contributed by atoms with E-state index < -0.39 is 0 Å². The Labute approximate surface area is 130 Å². The largest absolute Gasteiger partial charge is 0.485 e. The normalized spacial score (nSPS) is 31.4. The zero-order valence-electron chi connectivity index (χ0n) is 12.6. The first-order valence-corrected chi connectivity index (χ1v) is 8.11. The number of ether oxygens (including phenoxy) is 3. The Hall–Kier alpha value is -1.59. The van der Waals surface area contributed by atoms with E-state index in [2.05, 4.69) is 0 Å². The molecule has 22 heavy (non-hydrogen) atoms. The van der Waals surface area contributed by atoms with Gasteiger partial charge in [-0.15, -0.1) is 0 Å². The van der Waals surface area contributed by atoms with Gasteiger partial charge in [0.15, 0.2) is 6.10 Å². The lowest BCUT2D eigenvalue weighted by atomic mass is 10.1. The number of carbonyl (C=O) groups excluding carboxylic acids is 1. The highest BCUT2D eigenvalue weighted by Gasteiger charge is 2.43. The molecule has 3 saturated heterocycles. The summed E-state index contributed by atoms with van der Waals surface area (Å²) in [6.07, 6.45) is 3.90. The molecule has 3 atom stereocenters. The lowest BCUT2D eigenvalue weighted by Crippen LogP contribution is -2.35. The quantitative estimate of drug-likeness (QED) is 0.858. The van der Waals surface area contributed by atoms with Crippen molar-refractivity contribution in [1.29, 1.82) is 0 Å². The number of rotatable bonds is 3. The number of hydrogen-bond acceptors (Lipinski definition) is 4. The molecule has 0 bridgehead atoms. The van der Waals surface area contributed by atoms with Crippen LogP contribution in [0.1, 0.15) is 25.7 Å². The molecule has 0 aliphatic carbocycles. The minimum Gasteiger partial charge on any atom is -0.485 e. The topological polar surface area (TPSA) is 48.0 Å². The first-order chi connectivity index (χ1) is 10.8. The molecule has 118 valence electrons. The summed E-state index contributed by atoms with van der Waals surface area (Å²) in [4.78, 5) is 13.8. The van der Waals surface area contributed by atoms with Gasteiger partial charge in [0.25, 0.3) is 0 Å². The molecular weight excluding hydrogens is 282 g/mol. The van der Waals surface area contributed by atoms with Crippen molar-refractivity contribution in [2.45, 2.75) is 44.0 Å². The van der Waals surface area contributed by atoms with Crippen LogP contribution in [0.25, 0.3) is 0 Å². The van der Waals surface area contributed by atoms with Crippen molar-refractivity contribution in [3.05, 3.63) is 24.3 Å². The van der Waals surface area contributed by atoms with E-state index in [0.717, 1.165) is 43.9 Å². The molecule has 1 aromatic carbocycles. The highest BCUT2D eigenvalue weighted by atomic mass is 16.6. The monoisotopic (exact) mass is 303 g/mol. The lowest BCUT2D eigenvalue weighted by Gasteiger charge is -2.27. The van der Waals surface area contributed by atoms with E-state index in [4.69, 9.17) is 14.2 Å². The first kappa shape index (κ1) is 14.0. The zero-order valence-corrected chi connectivity index (χ0v) is 12.6. The van der Waals surface area contributed by atoms with Crippen LogP contribution in [-0.4, -0.2) is 44.0 Å². The summed E-state index contributed by atoms with van der Waals surface area (Å²) in [5, 5.41) is 0. The average Bonchev–Trinajstić information content (AvgIpc) is 3.14. The molecule has 5 heteroatoms. The van der Waals surface area contributed by atoms with Crippen molar-refractivity contribution in [3.8, 4) is 5.75 Å². The van der Waals surface area contributed by atoms with Crippen LogP contribution in [0.5, 0.6) is 5.75 Å². The fourth-order valence-corrected chi connectivity index (χ4v) is 3.49. The van der Waals surface area contributed by atoms with Gasteiger partial charge in [0, 0.05) is 25.3 Å². The van der Waals surface area contributed by atoms with Crippen molar-refractivity contribution >= 4 is 11.6 Å². The Morgan fingerprint density at radius 2 is 2.00 bits per heavy atom. The van der Waals surface area contributed by atoms with Gasteiger partial charge in [0.1, 0.15) is 11.9 Å². The number of anilines is 1. The molecule has 3 unspecified atom stereocenters. The zero-order chi connectivity index (χ0) is 14.9. The SMILES string of the molecule is O=C1CCCCN1c1ccc(OC2COC3CCOC32)cc1. The van der Waals surface area contributed by atoms with E-state index >= 15 is 0 Å². The van der Waals surface area contributed by atoms with Crippen LogP contribution in [0.3, 0.4) is 0 Å². The second kappa shape index (κ2) is 5.89. The van der Waals surface area contributed by atoms with Crippen LogP contribution in [0.2, 0.25) is 0 Å². The number of piperidine rings is 1. The van der Waals surface area contributed by atoms with Crippen LogP contribution >= 0.6 is 0 Å². The van der Waals surface area contributed by atoms with E-state index in [0.29, 0.717) is 13.0 Å². The van der Waals surface area contributed by atoms with Crippen molar-refractivity contribution in [3.63, 3.8) is 0 Å². The fourth-order valence-electron chi connectivity index (χ4n) is 3.49. The number of nitrogens with zero attached hydrogens (tertiary/aromatic N) is 1. The van der Waals surface area contributed by atoms with Gasteiger partial charge in [-0.05, 0) is 43.5 Å². The van der Waals surface area contributed by atoms with Gasteiger partial charge < -0.3 is 19.1 Å². The Morgan fingerprint density at radius 3 is 2.82 bits per heavy atom. The Balaban J connectivity index is 1.42. The maximum absolute atomic E-state index is 11.9. The van der Waals surface area contributed by atoms with Gasteiger partial charge in [0.2, 0.25) is 5.91 Å². The molecule has 0 aromatic heterocycles. The molecule has 1 aromatic rings. The second-order valence-corrected chi connectivity index (χ2v) is 6.15. The maximum Gasteiger partial charge on any atom is 0.226 e. The summed E-state index contributed by atoms with van der Waals surface area (Å²) >= 11 is 0. The first-order valence-electron chi connectivity index (χ1n) is 8.11. The third kappa shape index (κ3) is 2.59. The van der Waals surface area contributed by atoms with Crippen molar-refractivity contribution < 1.29 is 19.0 Å². The lowest BCUT2D eigenvalue weighted by molar-refractivity contribution is -0.119. The standard InChI is InChI=1S/C17H21NO4/c19-16-3-1-2-9-18(16)12-4-6-13(7-5-12)22-15-11-21-14-8-10-20-17(14)15/h4-7,14-15,17H,1-3,8-11H2. The van der Waals surface area contributed by atoms with Crippen molar-refractivity contribution in [2.75, 3.05) is 24.7 Å². The molecule has 0 radical (unpaired) electrons. The van der Waals surface area contributed by atoms with E-state index in [1.807, 2.05) is 29.2 Å². The summed E-state index contributed by atoms with van der Waals surface area (Å²) in [6, 6.07) is 7.78. The number of hydrogen-bond donors (Lipinski definition) is 0. The van der Waals surface area contributed by atoms with Gasteiger partial charge in [-0.3, -0.25) is 4.79 Å². The highest BCUT2D eigenvalue weighted by Crippen LogP contribution is 2.30. The number of amides is 1. The second-order valence-electron chi connectivity index (χ2n) is 6.15. The molecule has 4 rings (SSSR count). The molecular formula is C17H21NO4. The summed E-state index contributed by atoms with van der Waals surface area (Å²) in [5.74, 6) is 1.02. The van der Waals surface area contributed by atoms with Crippen LogP contribution in [0.4, 0.5) is 5.69 Å². The Morgan fingerprint density at radius 1 is 1.14 bits per heavy atom. The molecule has 3 heterocycles. The van der Waals surface area contributed by atoms with E-state index in [-0.39, 0.29) is 24.2 Å². The smallest absolute Gasteiger partial charge is 0.226 e. The Kier molecular flexibility index (Phi) is 3.76. The third-order valence-corrected chi connectivity index (χ3v) is 4.68. The van der Waals surface area contributed by atoms with Gasteiger partial charge >= 0.3 is 0 Å². The molecule has 0 saturated carbocycles. The van der Waals surface area contributed by atoms with Crippen LogP contribution in [0.15, 0.2) is 24.3 Å². The van der Waals surface area contributed by atoms with Crippen molar-refractivity contribution in [2.24, 2.45) is 0 Å². The van der Waals surface area contributed by atoms with Gasteiger partial charge in [0.05, 0.1) is 12.7 Å². The molecule has 1 amide bonds. The minimum absolute atomic E-state index is 0.0324. The van der Waals surface area contributed by atoms with Gasteiger partial charge in [-0.1, -0.05) is 0 Å². The summed E-state index contributed by atoms with van der Waals surface area (Å²) in [5.41, 5.74) is 0.953. The predicted octanol–water partition coefficient (Wildman–Crippen LogP) is 2.14. The summed E-state index contributed by atoms with van der Waals surface area (Å²) < 4.78 is 17.4. The minimum atomic E-state index is -0.0324. The van der Waals surface area contributed by atoms with Crippen molar-refractivity contribution in [1.82, 2.24) is 0 Å². The van der Waals surface area contributed by atoms with E-state index in [1.165, 1.54) is 0 Å². The molecule has 3 aliphatic rings. The molecule has 0 N–H and O–H groups in total. The number of fused-ring (bicyclic) bond motifs is 1. The van der Waals surface area contributed by atoms with Crippen LogP contribution < -0.4 is 9.64 Å². The molecule has 0 spiro atoms. The summed E-state index contributed by atoms with van der Waals surface area (Å²) in [7, 11) is 0. The fraction of sp³-hybridized carbons (Fsp3) is 0.588. The van der Waals surface area contributed by atoms with Crippen LogP contribution in [-0.2, 0) is 14.3 Å². The van der Waals surface area contributed by atoms with Gasteiger partial charge in [-0.2, -0.15) is 0 Å². The van der Waals surface area contributed by atoms with E-state index in [1.54, 1.807) is 0 Å². The Bertz CT molecular complexity index is 544. The van der Waals surface area contributed by atoms with E-state index in [9.17, 15) is 4.79 Å². The number of benzene rings is 1.